The van der Waals surface area contributed by atoms with Crippen LogP contribution in [0.2, 0.25) is 0 Å². The van der Waals surface area contributed by atoms with Gasteiger partial charge in [-0.2, -0.15) is 0 Å². The molecular formula is C24H20N2O4. The van der Waals surface area contributed by atoms with Gasteiger partial charge in [0, 0.05) is 11.3 Å². The van der Waals surface area contributed by atoms with E-state index in [1.54, 1.807) is 18.2 Å². The number of hydrogen-bond donors (Lipinski definition) is 1. The van der Waals surface area contributed by atoms with Crippen molar-refractivity contribution in [1.29, 1.82) is 0 Å². The average Bonchev–Trinajstić information content (AvgIpc) is 3.18. The van der Waals surface area contributed by atoms with Crippen molar-refractivity contribution in [2.45, 2.75) is 13.8 Å². The molecule has 0 fully saturated rings. The standard InChI is InChI=1S/C24H20N2O4/c1-15-7-6-8-16(2)22(15)25-21(27)14-29-24(28)18-11-12-20-19(13-18)23(30-26-20)17-9-4-3-5-10-17/h3-13H,14H2,1-2H3,(H,25,27). The Balaban J connectivity index is 1.48. The van der Waals surface area contributed by atoms with Gasteiger partial charge >= 0.3 is 5.97 Å². The van der Waals surface area contributed by atoms with Crippen LogP contribution in [0.3, 0.4) is 0 Å². The summed E-state index contributed by atoms with van der Waals surface area (Å²) in [5, 5.41) is 7.55. The molecule has 0 bridgehead atoms. The molecule has 30 heavy (non-hydrogen) atoms. The summed E-state index contributed by atoms with van der Waals surface area (Å²) in [5.41, 5.74) is 4.44. The number of fused-ring (bicyclic) bond motifs is 1. The number of nitrogens with zero attached hydrogens (tertiary/aromatic N) is 1. The number of carbonyl (C=O) groups is 2. The van der Waals surface area contributed by atoms with Crippen LogP contribution in [-0.4, -0.2) is 23.6 Å². The molecule has 6 heteroatoms. The van der Waals surface area contributed by atoms with E-state index in [0.29, 0.717) is 22.2 Å². The fourth-order valence-electron chi connectivity index (χ4n) is 3.27. The highest BCUT2D eigenvalue weighted by Crippen LogP contribution is 2.29. The van der Waals surface area contributed by atoms with Gasteiger partial charge in [-0.05, 0) is 43.2 Å². The van der Waals surface area contributed by atoms with Crippen LogP contribution in [0.4, 0.5) is 5.69 Å². The highest BCUT2D eigenvalue weighted by atomic mass is 16.5. The molecule has 0 saturated heterocycles. The van der Waals surface area contributed by atoms with Crippen molar-refractivity contribution in [3.63, 3.8) is 0 Å². The van der Waals surface area contributed by atoms with Crippen LogP contribution in [0, 0.1) is 13.8 Å². The number of hydrogen-bond acceptors (Lipinski definition) is 5. The third kappa shape index (κ3) is 3.93. The molecule has 0 aliphatic rings. The van der Waals surface area contributed by atoms with Crippen LogP contribution >= 0.6 is 0 Å². The maximum Gasteiger partial charge on any atom is 0.338 e. The van der Waals surface area contributed by atoms with Crippen molar-refractivity contribution in [2.75, 3.05) is 11.9 Å². The third-order valence-electron chi connectivity index (χ3n) is 4.83. The molecule has 1 heterocycles. The summed E-state index contributed by atoms with van der Waals surface area (Å²) in [7, 11) is 0. The number of aromatic nitrogens is 1. The Labute approximate surface area is 173 Å². The molecule has 1 amide bonds. The summed E-state index contributed by atoms with van der Waals surface area (Å²) in [6.45, 7) is 3.44. The topological polar surface area (TPSA) is 81.4 Å². The second kappa shape index (κ2) is 8.21. The van der Waals surface area contributed by atoms with E-state index in [0.717, 1.165) is 22.4 Å². The summed E-state index contributed by atoms with van der Waals surface area (Å²) in [4.78, 5) is 24.7. The molecule has 4 aromatic rings. The molecule has 1 N–H and O–H groups in total. The molecule has 1 aromatic heterocycles. The summed E-state index contributed by atoms with van der Waals surface area (Å²) in [6.07, 6.45) is 0. The molecule has 0 unspecified atom stereocenters. The van der Waals surface area contributed by atoms with Gasteiger partial charge in [0.15, 0.2) is 12.4 Å². The lowest BCUT2D eigenvalue weighted by atomic mass is 10.1. The minimum absolute atomic E-state index is 0.322. The van der Waals surface area contributed by atoms with Crippen LogP contribution in [0.25, 0.3) is 22.2 Å². The quantitative estimate of drug-likeness (QED) is 0.482. The predicted molar refractivity (Wildman–Crippen MR) is 114 cm³/mol. The summed E-state index contributed by atoms with van der Waals surface area (Å²) >= 11 is 0. The zero-order valence-corrected chi connectivity index (χ0v) is 16.6. The Hall–Kier alpha value is -3.93. The Kier molecular flexibility index (Phi) is 5.30. The Morgan fingerprint density at radius 2 is 1.70 bits per heavy atom. The van der Waals surface area contributed by atoms with Crippen molar-refractivity contribution < 1.29 is 18.8 Å². The number of benzene rings is 3. The summed E-state index contributed by atoms with van der Waals surface area (Å²) < 4.78 is 10.7. The Morgan fingerprint density at radius 3 is 2.43 bits per heavy atom. The first-order valence-electron chi connectivity index (χ1n) is 9.51. The van der Waals surface area contributed by atoms with Crippen LogP contribution < -0.4 is 5.32 Å². The zero-order valence-electron chi connectivity index (χ0n) is 16.6. The summed E-state index contributed by atoms with van der Waals surface area (Å²) in [5.74, 6) is -0.404. The van der Waals surface area contributed by atoms with Gasteiger partial charge in [0.05, 0.1) is 10.9 Å². The SMILES string of the molecule is Cc1cccc(C)c1NC(=O)COC(=O)c1ccc2noc(-c3ccccc3)c2c1. The second-order valence-electron chi connectivity index (χ2n) is 7.00. The number of amides is 1. The van der Waals surface area contributed by atoms with E-state index in [1.807, 2.05) is 62.4 Å². The largest absolute Gasteiger partial charge is 0.452 e. The van der Waals surface area contributed by atoms with Gasteiger partial charge in [-0.25, -0.2) is 4.79 Å². The second-order valence-corrected chi connectivity index (χ2v) is 7.00. The molecule has 6 nitrogen and oxygen atoms in total. The Bertz CT molecular complexity index is 1210. The normalized spacial score (nSPS) is 10.7. The molecule has 0 atom stereocenters. The van der Waals surface area contributed by atoms with E-state index in [2.05, 4.69) is 10.5 Å². The van der Waals surface area contributed by atoms with Crippen LogP contribution in [0.1, 0.15) is 21.5 Å². The predicted octanol–water partition coefficient (Wildman–Crippen LogP) is 4.91. The average molecular weight is 400 g/mol. The van der Waals surface area contributed by atoms with Crippen molar-refractivity contribution in [2.24, 2.45) is 0 Å². The fourth-order valence-corrected chi connectivity index (χ4v) is 3.27. The molecular weight excluding hydrogens is 380 g/mol. The lowest BCUT2D eigenvalue weighted by molar-refractivity contribution is -0.119. The molecule has 4 rings (SSSR count). The number of para-hydroxylation sites is 1. The molecule has 0 spiro atoms. The number of aryl methyl sites for hydroxylation is 2. The number of esters is 1. The third-order valence-corrected chi connectivity index (χ3v) is 4.83. The molecule has 0 radical (unpaired) electrons. The number of rotatable bonds is 5. The van der Waals surface area contributed by atoms with E-state index in [-0.39, 0.29) is 6.61 Å². The molecule has 3 aromatic carbocycles. The highest BCUT2D eigenvalue weighted by molar-refractivity contribution is 6.00. The number of carbonyl (C=O) groups excluding carboxylic acids is 2. The van der Waals surface area contributed by atoms with Gasteiger partial charge in [0.1, 0.15) is 5.52 Å². The monoisotopic (exact) mass is 400 g/mol. The van der Waals surface area contributed by atoms with Gasteiger partial charge in [-0.15, -0.1) is 0 Å². The zero-order chi connectivity index (χ0) is 21.1. The van der Waals surface area contributed by atoms with E-state index in [4.69, 9.17) is 9.26 Å². The smallest absolute Gasteiger partial charge is 0.338 e. The minimum atomic E-state index is -0.589. The fraction of sp³-hybridized carbons (Fsp3) is 0.125. The number of nitrogens with one attached hydrogen (secondary N) is 1. The van der Waals surface area contributed by atoms with Gasteiger partial charge < -0.3 is 14.6 Å². The maximum absolute atomic E-state index is 12.5. The lowest BCUT2D eigenvalue weighted by Gasteiger charge is -2.11. The van der Waals surface area contributed by atoms with Crippen LogP contribution in [0.15, 0.2) is 71.3 Å². The van der Waals surface area contributed by atoms with Crippen molar-refractivity contribution >= 4 is 28.5 Å². The first kappa shape index (κ1) is 19.4. The minimum Gasteiger partial charge on any atom is -0.452 e. The number of anilines is 1. The Morgan fingerprint density at radius 1 is 0.967 bits per heavy atom. The first-order chi connectivity index (χ1) is 14.5. The molecule has 0 aliphatic carbocycles. The first-order valence-corrected chi connectivity index (χ1v) is 9.51. The van der Waals surface area contributed by atoms with Crippen LogP contribution in [-0.2, 0) is 9.53 Å². The van der Waals surface area contributed by atoms with Crippen molar-refractivity contribution in [3.8, 4) is 11.3 Å². The van der Waals surface area contributed by atoms with Crippen molar-refractivity contribution in [1.82, 2.24) is 5.16 Å². The van der Waals surface area contributed by atoms with Gasteiger partial charge in [-0.3, -0.25) is 4.79 Å². The highest BCUT2D eigenvalue weighted by Gasteiger charge is 2.16. The van der Waals surface area contributed by atoms with E-state index in [1.165, 1.54) is 0 Å². The van der Waals surface area contributed by atoms with Gasteiger partial charge in [-0.1, -0.05) is 53.7 Å². The van der Waals surface area contributed by atoms with Crippen LogP contribution in [0.5, 0.6) is 0 Å². The van der Waals surface area contributed by atoms with Crippen molar-refractivity contribution in [3.05, 3.63) is 83.4 Å². The molecule has 0 saturated carbocycles. The molecule has 0 aliphatic heterocycles. The lowest BCUT2D eigenvalue weighted by Crippen LogP contribution is -2.21. The summed E-state index contributed by atoms with van der Waals surface area (Å²) in [6, 6.07) is 20.2. The maximum atomic E-state index is 12.5. The molecule has 150 valence electrons. The van der Waals surface area contributed by atoms with Gasteiger partial charge in [0.25, 0.3) is 5.91 Å². The van der Waals surface area contributed by atoms with E-state index >= 15 is 0 Å². The van der Waals surface area contributed by atoms with E-state index in [9.17, 15) is 9.59 Å². The van der Waals surface area contributed by atoms with E-state index < -0.39 is 11.9 Å². The van der Waals surface area contributed by atoms with Gasteiger partial charge in [0.2, 0.25) is 0 Å². The number of ether oxygens (including phenoxy) is 1.